The van der Waals surface area contributed by atoms with Gasteiger partial charge in [0.25, 0.3) is 5.91 Å². The first-order chi connectivity index (χ1) is 12.0. The molecule has 0 aromatic carbocycles. The summed E-state index contributed by atoms with van der Waals surface area (Å²) in [5.74, 6) is -2.87. The van der Waals surface area contributed by atoms with Gasteiger partial charge >= 0.3 is 12.0 Å². The van der Waals surface area contributed by atoms with Gasteiger partial charge in [-0.1, -0.05) is 0 Å². The monoisotopic (exact) mass is 378 g/mol. The van der Waals surface area contributed by atoms with Gasteiger partial charge < -0.3 is 37.4 Å². The maximum atomic E-state index is 11.8. The summed E-state index contributed by atoms with van der Waals surface area (Å²) in [4.78, 5) is 45.5. The van der Waals surface area contributed by atoms with Crippen LogP contribution in [0.25, 0.3) is 0 Å². The number of aliphatic carboxylic acids is 1. The van der Waals surface area contributed by atoms with Crippen molar-refractivity contribution in [2.75, 3.05) is 20.2 Å². The van der Waals surface area contributed by atoms with E-state index in [9.17, 15) is 24.3 Å². The van der Waals surface area contributed by atoms with Crippen LogP contribution in [0.1, 0.15) is 13.3 Å². The Labute approximate surface area is 149 Å². The van der Waals surface area contributed by atoms with Crippen molar-refractivity contribution in [1.29, 1.82) is 0 Å². The second-order valence-electron chi connectivity index (χ2n) is 5.68. The number of hydrazine groups is 1. The van der Waals surface area contributed by atoms with Crippen molar-refractivity contribution >= 4 is 23.8 Å². The fourth-order valence-corrected chi connectivity index (χ4v) is 1.83. The maximum Gasteiger partial charge on any atom is 0.328 e. The molecule has 0 spiro atoms. The molecule has 4 amide bonds. The van der Waals surface area contributed by atoms with E-state index in [0.717, 1.165) is 0 Å². The second kappa shape index (κ2) is 11.2. The van der Waals surface area contributed by atoms with Crippen LogP contribution in [0.4, 0.5) is 4.79 Å². The van der Waals surface area contributed by atoms with Crippen LogP contribution >= 0.6 is 0 Å². The molecule has 13 heteroatoms. The zero-order chi connectivity index (χ0) is 20.4. The first kappa shape index (κ1) is 23.5. The number of hydrogen-bond donors (Lipinski definition) is 8. The van der Waals surface area contributed by atoms with E-state index < -0.39 is 54.7 Å². The molecule has 0 radical (unpaired) electrons. The van der Waals surface area contributed by atoms with Gasteiger partial charge in [-0.15, -0.1) is 0 Å². The molecular weight excluding hydrogens is 352 g/mol. The first-order valence-electron chi connectivity index (χ1n) is 7.62. The Kier molecular flexibility index (Phi) is 10.1. The van der Waals surface area contributed by atoms with Gasteiger partial charge in [0.15, 0.2) is 6.04 Å². The number of likely N-dealkylation sites (N-methyl/N-ethyl adjacent to an activating group) is 1. The first-order valence-corrected chi connectivity index (χ1v) is 7.62. The van der Waals surface area contributed by atoms with Crippen LogP contribution in [0.3, 0.4) is 0 Å². The Morgan fingerprint density at radius 3 is 2.19 bits per heavy atom. The molecule has 0 fully saturated rings. The zero-order valence-electron chi connectivity index (χ0n) is 14.5. The van der Waals surface area contributed by atoms with E-state index in [1.807, 2.05) is 5.32 Å². The number of hydrogen-bond acceptors (Lipinski definition) is 8. The lowest BCUT2D eigenvalue weighted by molar-refractivity contribution is -0.140. The number of carbonyl (C=O) groups excluding carboxylic acids is 3. The molecule has 13 nitrogen and oxygen atoms in total. The number of aliphatic hydroxyl groups excluding tert-OH is 2. The summed E-state index contributed by atoms with van der Waals surface area (Å²) in [5.41, 5.74) is 12.9. The van der Waals surface area contributed by atoms with Crippen molar-refractivity contribution in [1.82, 2.24) is 21.1 Å². The van der Waals surface area contributed by atoms with Gasteiger partial charge in [0, 0.05) is 20.0 Å². The highest BCUT2D eigenvalue weighted by Gasteiger charge is 2.24. The van der Waals surface area contributed by atoms with Crippen LogP contribution in [0.5, 0.6) is 0 Å². The minimum atomic E-state index is -1.52. The van der Waals surface area contributed by atoms with E-state index in [0.29, 0.717) is 0 Å². The summed E-state index contributed by atoms with van der Waals surface area (Å²) >= 11 is 0. The molecule has 0 aromatic heterocycles. The van der Waals surface area contributed by atoms with E-state index in [-0.39, 0.29) is 13.0 Å². The SMILES string of the molecule is CC(O)[C@@H](N)C(=O)NN(C)C[C@@H](CC(N)=O)NC(=O)N[C@H](CO)C(=O)O. The number of nitrogens with two attached hydrogens (primary N) is 2. The quantitative estimate of drug-likeness (QED) is 0.162. The third kappa shape index (κ3) is 9.12. The normalized spacial score (nSPS) is 15.5. The Morgan fingerprint density at radius 1 is 1.19 bits per heavy atom. The van der Waals surface area contributed by atoms with E-state index in [1.165, 1.54) is 19.0 Å². The average molecular weight is 378 g/mol. The summed E-state index contributed by atoms with van der Waals surface area (Å²) in [6, 6.07) is -4.53. The van der Waals surface area contributed by atoms with E-state index in [4.69, 9.17) is 21.7 Å². The highest BCUT2D eigenvalue weighted by atomic mass is 16.4. The van der Waals surface area contributed by atoms with Crippen molar-refractivity contribution < 1.29 is 34.5 Å². The summed E-state index contributed by atoms with van der Waals surface area (Å²) in [6.45, 7) is 0.438. The van der Waals surface area contributed by atoms with E-state index >= 15 is 0 Å². The van der Waals surface area contributed by atoms with Crippen LogP contribution in [-0.4, -0.2) is 88.6 Å². The summed E-state index contributed by atoms with van der Waals surface area (Å²) in [7, 11) is 1.42. The number of carboxylic acid groups (broad SMARTS) is 1. The molecular formula is C13H26N6O7. The standard InChI is InChI=1S/C13H26N6O7/c1-6(21)10(15)11(23)18-19(2)4-7(3-9(14)22)16-13(26)17-8(5-20)12(24)25/h6-8,10,20-21H,3-5,15H2,1-2H3,(H2,14,22)(H,18,23)(H,24,25)(H2,16,17,26)/t6?,7-,8-,10-/m1/s1. The molecule has 0 aliphatic rings. The number of amides is 4. The van der Waals surface area contributed by atoms with Gasteiger partial charge in [-0.05, 0) is 6.92 Å². The van der Waals surface area contributed by atoms with Crippen LogP contribution in [0.15, 0.2) is 0 Å². The Morgan fingerprint density at radius 2 is 1.77 bits per heavy atom. The largest absolute Gasteiger partial charge is 0.480 e. The smallest absolute Gasteiger partial charge is 0.328 e. The topological polar surface area (TPSA) is 220 Å². The third-order valence-corrected chi connectivity index (χ3v) is 3.19. The fourth-order valence-electron chi connectivity index (χ4n) is 1.83. The number of urea groups is 1. The van der Waals surface area contributed by atoms with Gasteiger partial charge in [-0.25, -0.2) is 14.6 Å². The molecule has 150 valence electrons. The van der Waals surface area contributed by atoms with Gasteiger partial charge in [-0.3, -0.25) is 15.0 Å². The van der Waals surface area contributed by atoms with Gasteiger partial charge in [0.1, 0.15) is 6.04 Å². The predicted molar refractivity (Wildman–Crippen MR) is 88.2 cm³/mol. The number of carbonyl (C=O) groups is 4. The Balaban J connectivity index is 4.78. The molecule has 0 saturated carbocycles. The molecule has 0 rings (SSSR count). The van der Waals surface area contributed by atoms with Crippen molar-refractivity contribution in [2.45, 2.75) is 37.6 Å². The van der Waals surface area contributed by atoms with Gasteiger partial charge in [0.2, 0.25) is 5.91 Å². The summed E-state index contributed by atoms with van der Waals surface area (Å²) < 4.78 is 0. The van der Waals surface area contributed by atoms with E-state index in [2.05, 4.69) is 10.7 Å². The number of nitrogens with zero attached hydrogens (tertiary/aromatic N) is 1. The van der Waals surface area contributed by atoms with Gasteiger partial charge in [0.05, 0.1) is 18.8 Å². The van der Waals surface area contributed by atoms with E-state index in [1.54, 1.807) is 0 Å². The number of aliphatic hydroxyl groups is 2. The van der Waals surface area contributed by atoms with Crippen LogP contribution in [0.2, 0.25) is 0 Å². The molecule has 1 unspecified atom stereocenters. The minimum absolute atomic E-state index is 0.0779. The lowest BCUT2D eigenvalue weighted by Crippen LogP contribution is -2.57. The minimum Gasteiger partial charge on any atom is -0.480 e. The van der Waals surface area contributed by atoms with Crippen molar-refractivity contribution in [3.05, 3.63) is 0 Å². The van der Waals surface area contributed by atoms with Gasteiger partial charge in [-0.2, -0.15) is 0 Å². The number of rotatable bonds is 11. The van der Waals surface area contributed by atoms with Crippen molar-refractivity contribution in [2.24, 2.45) is 11.5 Å². The molecule has 0 bridgehead atoms. The Bertz CT molecular complexity index is 515. The van der Waals surface area contributed by atoms with Crippen LogP contribution < -0.4 is 27.5 Å². The Hall–Kier alpha value is -2.48. The molecule has 0 aliphatic carbocycles. The molecule has 26 heavy (non-hydrogen) atoms. The zero-order valence-corrected chi connectivity index (χ0v) is 14.5. The third-order valence-electron chi connectivity index (χ3n) is 3.19. The van der Waals surface area contributed by atoms with Crippen molar-refractivity contribution in [3.8, 4) is 0 Å². The lowest BCUT2D eigenvalue weighted by Gasteiger charge is -2.26. The average Bonchev–Trinajstić information content (AvgIpc) is 2.50. The van der Waals surface area contributed by atoms with Crippen LogP contribution in [-0.2, 0) is 14.4 Å². The molecule has 0 aromatic rings. The van der Waals surface area contributed by atoms with Crippen molar-refractivity contribution in [3.63, 3.8) is 0 Å². The molecule has 0 aliphatic heterocycles. The highest BCUT2D eigenvalue weighted by Crippen LogP contribution is 1.96. The maximum absolute atomic E-state index is 11.8. The summed E-state index contributed by atoms with van der Waals surface area (Å²) in [6.07, 6.45) is -1.38. The molecule has 10 N–H and O–H groups in total. The molecule has 0 heterocycles. The number of nitrogens with one attached hydrogen (secondary N) is 3. The lowest BCUT2D eigenvalue weighted by atomic mass is 10.2. The number of carboxylic acids is 1. The highest BCUT2D eigenvalue weighted by molar-refractivity contribution is 5.83. The summed E-state index contributed by atoms with van der Waals surface area (Å²) in [5, 5.41) is 32.5. The number of primary amides is 1. The fraction of sp³-hybridized carbons (Fsp3) is 0.692. The molecule has 0 saturated heterocycles. The molecule has 4 atom stereocenters. The second-order valence-corrected chi connectivity index (χ2v) is 5.68. The van der Waals surface area contributed by atoms with Crippen LogP contribution in [0, 0.1) is 0 Å². The predicted octanol–water partition coefficient (Wildman–Crippen LogP) is -4.35.